The van der Waals surface area contributed by atoms with Gasteiger partial charge in [-0.3, -0.25) is 15.6 Å². The van der Waals surface area contributed by atoms with Gasteiger partial charge in [-0.05, 0) is 45.1 Å². The summed E-state index contributed by atoms with van der Waals surface area (Å²) < 4.78 is 1.05. The molecule has 2 aromatic heterocycles. The number of thiophene rings is 1. The molecular formula is C12H13BrN4OS. The van der Waals surface area contributed by atoms with Gasteiger partial charge in [0.2, 0.25) is 0 Å². The molecule has 0 saturated carbocycles. The average Bonchev–Trinajstić information content (AvgIpc) is 2.83. The molecule has 7 heteroatoms. The first-order chi connectivity index (χ1) is 9.10. The Kier molecular flexibility index (Phi) is 4.52. The number of nitrogens with zero attached hydrogens (tertiary/aromatic N) is 2. The highest BCUT2D eigenvalue weighted by molar-refractivity contribution is 9.11. The van der Waals surface area contributed by atoms with E-state index >= 15 is 0 Å². The van der Waals surface area contributed by atoms with Crippen LogP contribution in [0.25, 0.3) is 0 Å². The average molecular weight is 341 g/mol. The third-order valence-corrected chi connectivity index (χ3v) is 4.09. The van der Waals surface area contributed by atoms with Crippen LogP contribution in [0.5, 0.6) is 0 Å². The highest BCUT2D eigenvalue weighted by Crippen LogP contribution is 2.21. The summed E-state index contributed by atoms with van der Waals surface area (Å²) in [7, 11) is 1.75. The first-order valence-corrected chi connectivity index (χ1v) is 7.18. The molecule has 0 fully saturated rings. The van der Waals surface area contributed by atoms with Crippen molar-refractivity contribution in [1.29, 1.82) is 0 Å². The molecule has 0 radical (unpaired) electrons. The first kappa shape index (κ1) is 14.0. The predicted molar refractivity (Wildman–Crippen MR) is 79.9 cm³/mol. The monoisotopic (exact) mass is 340 g/mol. The number of hydrogen-bond donors (Lipinski definition) is 2. The molecule has 0 spiro atoms. The number of carbonyl (C=O) groups is 1. The summed E-state index contributed by atoms with van der Waals surface area (Å²) in [5.41, 5.74) is 4.61. The summed E-state index contributed by atoms with van der Waals surface area (Å²) in [5.74, 6) is 5.18. The van der Waals surface area contributed by atoms with Gasteiger partial charge in [0.15, 0.2) is 0 Å². The van der Waals surface area contributed by atoms with Gasteiger partial charge in [-0.25, -0.2) is 0 Å². The van der Waals surface area contributed by atoms with E-state index in [9.17, 15) is 4.79 Å². The number of carbonyl (C=O) groups excluding carboxylic acids is 1. The van der Waals surface area contributed by atoms with Crippen LogP contribution in [0.4, 0.5) is 5.69 Å². The van der Waals surface area contributed by atoms with Crippen molar-refractivity contribution in [3.8, 4) is 0 Å². The maximum Gasteiger partial charge on any atom is 0.272 e. The van der Waals surface area contributed by atoms with Crippen molar-refractivity contribution in [3.05, 3.63) is 44.8 Å². The van der Waals surface area contributed by atoms with Gasteiger partial charge in [0.05, 0.1) is 9.47 Å². The van der Waals surface area contributed by atoms with Crippen LogP contribution < -0.4 is 11.3 Å². The van der Waals surface area contributed by atoms with E-state index in [2.05, 4.69) is 26.3 Å². The number of halogens is 1. The maximum absolute atomic E-state index is 12.2. The van der Waals surface area contributed by atoms with Crippen LogP contribution in [0, 0.1) is 0 Å². The Hall–Kier alpha value is -1.44. The number of nitrogen functional groups attached to an aromatic ring is 1. The van der Waals surface area contributed by atoms with Crippen molar-refractivity contribution in [3.63, 3.8) is 0 Å². The lowest BCUT2D eigenvalue weighted by molar-refractivity contribution is 0.0779. The SMILES string of the molecule is CN(Cc1csc(Br)c1)C(=O)c1cc(NN)ccn1. The summed E-state index contributed by atoms with van der Waals surface area (Å²) in [4.78, 5) is 17.9. The van der Waals surface area contributed by atoms with Gasteiger partial charge in [-0.2, -0.15) is 0 Å². The van der Waals surface area contributed by atoms with E-state index in [0.29, 0.717) is 17.9 Å². The molecule has 0 aliphatic heterocycles. The van der Waals surface area contributed by atoms with Gasteiger partial charge >= 0.3 is 0 Å². The van der Waals surface area contributed by atoms with Crippen LogP contribution in [0.2, 0.25) is 0 Å². The van der Waals surface area contributed by atoms with E-state index in [1.807, 2.05) is 11.4 Å². The molecule has 100 valence electrons. The summed E-state index contributed by atoms with van der Waals surface area (Å²) in [6.07, 6.45) is 1.55. The molecule has 0 aromatic carbocycles. The lowest BCUT2D eigenvalue weighted by Crippen LogP contribution is -2.27. The molecule has 0 aliphatic rings. The van der Waals surface area contributed by atoms with Crippen molar-refractivity contribution in [2.45, 2.75) is 6.54 Å². The zero-order valence-electron chi connectivity index (χ0n) is 10.3. The standard InChI is InChI=1S/C12H13BrN4OS/c1-17(6-8-4-11(13)19-7-8)12(18)10-5-9(16-14)2-3-15-10/h2-5,7H,6,14H2,1H3,(H,15,16). The van der Waals surface area contributed by atoms with Gasteiger partial charge in [-0.15, -0.1) is 11.3 Å². The Morgan fingerprint density at radius 3 is 3.00 bits per heavy atom. The van der Waals surface area contributed by atoms with Crippen molar-refractivity contribution < 1.29 is 4.79 Å². The van der Waals surface area contributed by atoms with E-state index in [1.165, 1.54) is 0 Å². The van der Waals surface area contributed by atoms with Crippen LogP contribution in [-0.4, -0.2) is 22.8 Å². The zero-order valence-corrected chi connectivity index (χ0v) is 12.7. The van der Waals surface area contributed by atoms with Gasteiger partial charge in [0.25, 0.3) is 5.91 Å². The third-order valence-electron chi connectivity index (χ3n) is 2.53. The summed E-state index contributed by atoms with van der Waals surface area (Å²) in [6.45, 7) is 0.545. The largest absolute Gasteiger partial charge is 0.336 e. The summed E-state index contributed by atoms with van der Waals surface area (Å²) in [5, 5.41) is 2.01. The lowest BCUT2D eigenvalue weighted by atomic mass is 10.2. The highest BCUT2D eigenvalue weighted by Gasteiger charge is 2.14. The molecule has 0 bridgehead atoms. The van der Waals surface area contributed by atoms with Gasteiger partial charge in [0, 0.05) is 19.8 Å². The number of nitrogens with one attached hydrogen (secondary N) is 1. The van der Waals surface area contributed by atoms with Crippen LogP contribution in [0.15, 0.2) is 33.6 Å². The van der Waals surface area contributed by atoms with E-state index in [0.717, 1.165) is 9.35 Å². The molecule has 2 aromatic rings. The maximum atomic E-state index is 12.2. The number of aromatic nitrogens is 1. The molecule has 3 N–H and O–H groups in total. The quantitative estimate of drug-likeness (QED) is 0.662. The first-order valence-electron chi connectivity index (χ1n) is 5.51. The fourth-order valence-corrected chi connectivity index (χ4v) is 2.81. The Bertz CT molecular complexity index is 587. The van der Waals surface area contributed by atoms with Gasteiger partial charge in [-0.1, -0.05) is 0 Å². The number of hydrogen-bond acceptors (Lipinski definition) is 5. The van der Waals surface area contributed by atoms with E-state index in [1.54, 1.807) is 41.6 Å². The minimum Gasteiger partial charge on any atom is -0.336 e. The topological polar surface area (TPSA) is 71.2 Å². The number of pyridine rings is 1. The predicted octanol–water partition coefficient (Wildman–Crippen LogP) is 2.46. The fraction of sp³-hybridized carbons (Fsp3) is 0.167. The highest BCUT2D eigenvalue weighted by atomic mass is 79.9. The zero-order chi connectivity index (χ0) is 13.8. The van der Waals surface area contributed by atoms with Crippen molar-refractivity contribution >= 4 is 38.9 Å². The summed E-state index contributed by atoms with van der Waals surface area (Å²) in [6, 6.07) is 5.33. The normalized spacial score (nSPS) is 10.3. The van der Waals surface area contributed by atoms with E-state index in [4.69, 9.17) is 5.84 Å². The van der Waals surface area contributed by atoms with Crippen LogP contribution in [0.1, 0.15) is 16.1 Å². The molecule has 2 rings (SSSR count). The molecule has 19 heavy (non-hydrogen) atoms. The third kappa shape index (κ3) is 3.52. The fourth-order valence-electron chi connectivity index (χ4n) is 1.61. The number of rotatable bonds is 4. The number of hydrazine groups is 1. The number of anilines is 1. The minimum absolute atomic E-state index is 0.139. The number of amides is 1. The van der Waals surface area contributed by atoms with Crippen molar-refractivity contribution in [1.82, 2.24) is 9.88 Å². The second-order valence-corrected chi connectivity index (χ2v) is 6.28. The molecule has 5 nitrogen and oxygen atoms in total. The Morgan fingerprint density at radius 2 is 2.37 bits per heavy atom. The van der Waals surface area contributed by atoms with Gasteiger partial charge in [0.1, 0.15) is 5.69 Å². The molecule has 0 unspecified atom stereocenters. The number of nitrogens with two attached hydrogens (primary N) is 1. The van der Waals surface area contributed by atoms with E-state index in [-0.39, 0.29) is 5.91 Å². The molecule has 2 heterocycles. The van der Waals surface area contributed by atoms with Crippen LogP contribution in [-0.2, 0) is 6.54 Å². The Balaban J connectivity index is 2.09. The summed E-state index contributed by atoms with van der Waals surface area (Å²) >= 11 is 5.00. The minimum atomic E-state index is -0.139. The molecule has 0 aliphatic carbocycles. The molecule has 0 atom stereocenters. The van der Waals surface area contributed by atoms with Crippen molar-refractivity contribution in [2.24, 2.45) is 5.84 Å². The second-order valence-electron chi connectivity index (χ2n) is 3.99. The molecule has 0 saturated heterocycles. The van der Waals surface area contributed by atoms with Crippen molar-refractivity contribution in [2.75, 3.05) is 12.5 Å². The Labute approximate surface area is 123 Å². The van der Waals surface area contributed by atoms with Crippen LogP contribution in [0.3, 0.4) is 0 Å². The van der Waals surface area contributed by atoms with Gasteiger partial charge < -0.3 is 10.3 Å². The smallest absolute Gasteiger partial charge is 0.272 e. The molecule has 1 amide bonds. The van der Waals surface area contributed by atoms with Crippen LogP contribution >= 0.6 is 27.3 Å². The lowest BCUT2D eigenvalue weighted by Gasteiger charge is -2.16. The molecular weight excluding hydrogens is 328 g/mol. The second kappa shape index (κ2) is 6.14. The Morgan fingerprint density at radius 1 is 1.58 bits per heavy atom. The van der Waals surface area contributed by atoms with E-state index < -0.39 is 0 Å².